The van der Waals surface area contributed by atoms with Crippen molar-refractivity contribution >= 4 is 0 Å². The minimum absolute atomic E-state index is 0.161. The molecule has 3 nitrogen and oxygen atoms in total. The van der Waals surface area contributed by atoms with Crippen LogP contribution < -0.4 is 5.32 Å². The van der Waals surface area contributed by atoms with Gasteiger partial charge in [0.1, 0.15) is 0 Å². The Morgan fingerprint density at radius 3 is 2.16 bits per heavy atom. The standard InChI is InChI=1S/C16H36N2O/c1-7-8-9-11-18(15(4)5)12-10-16(6,13-19)17-14(2)3/h14-15,17,19H,7-13H2,1-6H3. The molecule has 0 saturated carbocycles. The zero-order valence-corrected chi connectivity index (χ0v) is 14.0. The van der Waals surface area contributed by atoms with Gasteiger partial charge in [-0.25, -0.2) is 0 Å². The Hall–Kier alpha value is -0.120. The Morgan fingerprint density at radius 2 is 1.74 bits per heavy atom. The van der Waals surface area contributed by atoms with Gasteiger partial charge in [-0.05, 0) is 40.2 Å². The van der Waals surface area contributed by atoms with Crippen LogP contribution in [0.4, 0.5) is 0 Å². The predicted octanol–water partition coefficient (Wildman–Crippen LogP) is 3.03. The second kappa shape index (κ2) is 9.73. The third kappa shape index (κ3) is 8.61. The normalized spacial score (nSPS) is 15.5. The van der Waals surface area contributed by atoms with Crippen molar-refractivity contribution in [2.24, 2.45) is 0 Å². The minimum Gasteiger partial charge on any atom is -0.394 e. The Bertz CT molecular complexity index is 219. The van der Waals surface area contributed by atoms with E-state index in [0.717, 1.165) is 13.0 Å². The number of hydrogen-bond donors (Lipinski definition) is 2. The maximum atomic E-state index is 9.62. The molecule has 19 heavy (non-hydrogen) atoms. The first-order valence-corrected chi connectivity index (χ1v) is 7.97. The molecule has 0 aromatic rings. The fourth-order valence-electron chi connectivity index (χ4n) is 2.48. The Morgan fingerprint density at radius 1 is 1.11 bits per heavy atom. The number of rotatable bonds is 11. The van der Waals surface area contributed by atoms with Gasteiger partial charge in [-0.2, -0.15) is 0 Å². The van der Waals surface area contributed by atoms with Crippen LogP contribution in [0.3, 0.4) is 0 Å². The van der Waals surface area contributed by atoms with Crippen molar-refractivity contribution in [2.75, 3.05) is 19.7 Å². The maximum Gasteiger partial charge on any atom is 0.0611 e. The van der Waals surface area contributed by atoms with E-state index in [2.05, 4.69) is 51.8 Å². The van der Waals surface area contributed by atoms with Gasteiger partial charge in [-0.15, -0.1) is 0 Å². The molecular weight excluding hydrogens is 236 g/mol. The maximum absolute atomic E-state index is 9.62. The highest BCUT2D eigenvalue weighted by molar-refractivity contribution is 4.85. The van der Waals surface area contributed by atoms with Gasteiger partial charge in [0.15, 0.2) is 0 Å². The molecule has 1 atom stereocenters. The zero-order chi connectivity index (χ0) is 14.9. The molecule has 0 spiro atoms. The van der Waals surface area contributed by atoms with Crippen molar-refractivity contribution < 1.29 is 5.11 Å². The van der Waals surface area contributed by atoms with Gasteiger partial charge in [0.05, 0.1) is 6.61 Å². The summed E-state index contributed by atoms with van der Waals surface area (Å²) < 4.78 is 0. The lowest BCUT2D eigenvalue weighted by molar-refractivity contribution is 0.127. The zero-order valence-electron chi connectivity index (χ0n) is 14.0. The van der Waals surface area contributed by atoms with E-state index in [4.69, 9.17) is 0 Å². The minimum atomic E-state index is -0.161. The van der Waals surface area contributed by atoms with Crippen LogP contribution in [0.2, 0.25) is 0 Å². The molecule has 0 amide bonds. The second-order valence-electron chi connectivity index (χ2n) is 6.60. The van der Waals surface area contributed by atoms with Crippen LogP contribution in [0.5, 0.6) is 0 Å². The molecule has 0 aliphatic rings. The Labute approximate surface area is 120 Å². The van der Waals surface area contributed by atoms with Crippen LogP contribution in [-0.4, -0.2) is 47.3 Å². The molecule has 2 N–H and O–H groups in total. The summed E-state index contributed by atoms with van der Waals surface area (Å²) in [7, 11) is 0. The van der Waals surface area contributed by atoms with Crippen LogP contribution >= 0.6 is 0 Å². The van der Waals surface area contributed by atoms with Gasteiger partial charge in [-0.3, -0.25) is 0 Å². The molecule has 0 heterocycles. The Balaban J connectivity index is 4.27. The first-order chi connectivity index (χ1) is 8.84. The first-order valence-electron chi connectivity index (χ1n) is 7.97. The van der Waals surface area contributed by atoms with Crippen LogP contribution in [0.15, 0.2) is 0 Å². The Kier molecular flexibility index (Phi) is 9.67. The molecule has 1 unspecified atom stereocenters. The van der Waals surface area contributed by atoms with E-state index in [1.54, 1.807) is 0 Å². The molecule has 0 saturated heterocycles. The van der Waals surface area contributed by atoms with Crippen molar-refractivity contribution in [3.05, 3.63) is 0 Å². The summed E-state index contributed by atoms with van der Waals surface area (Å²) in [5.74, 6) is 0. The van der Waals surface area contributed by atoms with Crippen molar-refractivity contribution in [1.82, 2.24) is 10.2 Å². The molecule has 116 valence electrons. The van der Waals surface area contributed by atoms with E-state index < -0.39 is 0 Å². The van der Waals surface area contributed by atoms with Gasteiger partial charge < -0.3 is 15.3 Å². The molecule has 0 aliphatic carbocycles. The van der Waals surface area contributed by atoms with Crippen molar-refractivity contribution in [3.8, 4) is 0 Å². The second-order valence-corrected chi connectivity index (χ2v) is 6.60. The highest BCUT2D eigenvalue weighted by atomic mass is 16.3. The fourth-order valence-corrected chi connectivity index (χ4v) is 2.48. The van der Waals surface area contributed by atoms with Crippen molar-refractivity contribution in [3.63, 3.8) is 0 Å². The van der Waals surface area contributed by atoms with Crippen molar-refractivity contribution in [2.45, 2.75) is 84.8 Å². The van der Waals surface area contributed by atoms with E-state index in [1.165, 1.54) is 25.8 Å². The smallest absolute Gasteiger partial charge is 0.0611 e. The largest absolute Gasteiger partial charge is 0.394 e. The summed E-state index contributed by atoms with van der Waals surface area (Å²) in [6, 6.07) is 0.989. The molecule has 0 aromatic carbocycles. The number of aliphatic hydroxyl groups excluding tert-OH is 1. The number of unbranched alkanes of at least 4 members (excludes halogenated alkanes) is 2. The number of hydrogen-bond acceptors (Lipinski definition) is 3. The highest BCUT2D eigenvalue weighted by Gasteiger charge is 2.25. The van der Waals surface area contributed by atoms with Gasteiger partial charge in [0.25, 0.3) is 0 Å². The van der Waals surface area contributed by atoms with Crippen LogP contribution in [-0.2, 0) is 0 Å². The van der Waals surface area contributed by atoms with E-state index in [9.17, 15) is 5.11 Å². The summed E-state index contributed by atoms with van der Waals surface area (Å²) in [4.78, 5) is 2.53. The summed E-state index contributed by atoms with van der Waals surface area (Å²) in [6.07, 6.45) is 4.86. The molecule has 3 heteroatoms. The van der Waals surface area contributed by atoms with Crippen LogP contribution in [0.25, 0.3) is 0 Å². The summed E-state index contributed by atoms with van der Waals surface area (Å²) >= 11 is 0. The molecule has 0 rings (SSSR count). The molecule has 0 bridgehead atoms. The van der Waals surface area contributed by atoms with E-state index in [0.29, 0.717) is 12.1 Å². The van der Waals surface area contributed by atoms with Crippen LogP contribution in [0.1, 0.15) is 67.2 Å². The number of nitrogens with one attached hydrogen (secondary N) is 1. The molecule has 0 fully saturated rings. The summed E-state index contributed by atoms with van der Waals surface area (Å²) in [5.41, 5.74) is -0.161. The lowest BCUT2D eigenvalue weighted by atomic mass is 9.97. The van der Waals surface area contributed by atoms with Gasteiger partial charge in [0.2, 0.25) is 0 Å². The third-order valence-electron chi connectivity index (χ3n) is 3.72. The number of nitrogens with zero attached hydrogens (tertiary/aromatic N) is 1. The lowest BCUT2D eigenvalue weighted by Gasteiger charge is -2.35. The average molecular weight is 272 g/mol. The number of aliphatic hydroxyl groups is 1. The fraction of sp³-hybridized carbons (Fsp3) is 1.00. The van der Waals surface area contributed by atoms with Crippen LogP contribution in [0, 0.1) is 0 Å². The quantitative estimate of drug-likeness (QED) is 0.568. The van der Waals surface area contributed by atoms with E-state index in [-0.39, 0.29) is 12.1 Å². The lowest BCUT2D eigenvalue weighted by Crippen LogP contribution is -2.51. The summed E-state index contributed by atoms with van der Waals surface area (Å²) in [5, 5.41) is 13.1. The van der Waals surface area contributed by atoms with E-state index in [1.807, 2.05) is 0 Å². The molecule has 0 aliphatic heterocycles. The van der Waals surface area contributed by atoms with Gasteiger partial charge in [-0.1, -0.05) is 33.6 Å². The average Bonchev–Trinajstić information content (AvgIpc) is 2.32. The molecule has 0 aromatic heterocycles. The first kappa shape index (κ1) is 18.9. The summed E-state index contributed by atoms with van der Waals surface area (Å²) in [6.45, 7) is 15.6. The molecular formula is C16H36N2O. The SMILES string of the molecule is CCCCCN(CCC(C)(CO)NC(C)C)C(C)C. The van der Waals surface area contributed by atoms with Gasteiger partial charge in [0, 0.05) is 24.2 Å². The van der Waals surface area contributed by atoms with Gasteiger partial charge >= 0.3 is 0 Å². The third-order valence-corrected chi connectivity index (χ3v) is 3.72. The van der Waals surface area contributed by atoms with E-state index >= 15 is 0 Å². The predicted molar refractivity (Wildman–Crippen MR) is 84.6 cm³/mol. The van der Waals surface area contributed by atoms with Crippen molar-refractivity contribution in [1.29, 1.82) is 0 Å². The highest BCUT2D eigenvalue weighted by Crippen LogP contribution is 2.13. The monoisotopic (exact) mass is 272 g/mol. The molecule has 0 radical (unpaired) electrons. The topological polar surface area (TPSA) is 35.5 Å².